The summed E-state index contributed by atoms with van der Waals surface area (Å²) in [6, 6.07) is 0.112. The van der Waals surface area contributed by atoms with Crippen molar-refractivity contribution in [1.82, 2.24) is 15.0 Å². The van der Waals surface area contributed by atoms with E-state index in [0.29, 0.717) is 37.5 Å². The number of hydrogen-bond donors (Lipinski definition) is 4. The lowest BCUT2D eigenvalue weighted by Gasteiger charge is -2.27. The second kappa shape index (κ2) is 7.91. The van der Waals surface area contributed by atoms with Gasteiger partial charge in [0.05, 0.1) is 13.2 Å². The maximum atomic E-state index is 9.06. The van der Waals surface area contributed by atoms with E-state index in [-0.39, 0.29) is 12.6 Å². The Balaban J connectivity index is 2.16. The average Bonchev–Trinajstić information content (AvgIpc) is 2.55. The molecule has 1 saturated heterocycles. The zero-order valence-electron chi connectivity index (χ0n) is 12.2. The minimum absolute atomic E-state index is 0.112. The number of nitrogens with one attached hydrogen (secondary N) is 2. The highest BCUT2D eigenvalue weighted by Crippen LogP contribution is 2.16. The third-order valence-electron chi connectivity index (χ3n) is 3.35. The van der Waals surface area contributed by atoms with Gasteiger partial charge >= 0.3 is 0 Å². The largest absolute Gasteiger partial charge is 0.396 e. The Morgan fingerprint density at radius 1 is 1.29 bits per heavy atom. The van der Waals surface area contributed by atoms with Gasteiger partial charge in [0.2, 0.25) is 17.8 Å². The molecule has 21 heavy (non-hydrogen) atoms. The van der Waals surface area contributed by atoms with Crippen LogP contribution in [0.25, 0.3) is 0 Å². The molecule has 1 fully saturated rings. The first-order valence-electron chi connectivity index (χ1n) is 7.19. The van der Waals surface area contributed by atoms with Crippen LogP contribution in [-0.4, -0.2) is 59.0 Å². The molecule has 2 heterocycles. The van der Waals surface area contributed by atoms with Crippen LogP contribution in [0.3, 0.4) is 0 Å². The van der Waals surface area contributed by atoms with E-state index < -0.39 is 0 Å². The first-order chi connectivity index (χ1) is 10.3. The zero-order chi connectivity index (χ0) is 15.1. The minimum atomic E-state index is 0.112. The lowest BCUT2D eigenvalue weighted by Crippen LogP contribution is -2.38. The van der Waals surface area contributed by atoms with Gasteiger partial charge in [-0.15, -0.1) is 0 Å². The number of aliphatic hydroxyl groups is 1. The van der Waals surface area contributed by atoms with E-state index in [1.165, 1.54) is 0 Å². The van der Waals surface area contributed by atoms with Gasteiger partial charge < -0.3 is 20.1 Å². The van der Waals surface area contributed by atoms with Gasteiger partial charge in [0.15, 0.2) is 0 Å². The monoisotopic (exact) mass is 297 g/mol. The van der Waals surface area contributed by atoms with Crippen molar-refractivity contribution in [3.63, 3.8) is 0 Å². The van der Waals surface area contributed by atoms with E-state index in [1.807, 2.05) is 11.8 Å². The van der Waals surface area contributed by atoms with Crippen LogP contribution < -0.4 is 21.5 Å². The van der Waals surface area contributed by atoms with Crippen molar-refractivity contribution in [1.29, 1.82) is 0 Å². The van der Waals surface area contributed by atoms with E-state index >= 15 is 0 Å². The Kier molecular flexibility index (Phi) is 5.90. The number of nitrogens with zero attached hydrogens (tertiary/aromatic N) is 4. The third kappa shape index (κ3) is 4.38. The quantitative estimate of drug-likeness (QED) is 0.392. The van der Waals surface area contributed by atoms with Crippen LogP contribution in [-0.2, 0) is 4.74 Å². The first-order valence-corrected chi connectivity index (χ1v) is 7.19. The van der Waals surface area contributed by atoms with Gasteiger partial charge in [-0.05, 0) is 12.8 Å². The van der Waals surface area contributed by atoms with Gasteiger partial charge in [0.25, 0.3) is 0 Å². The van der Waals surface area contributed by atoms with Crippen molar-refractivity contribution < 1.29 is 9.84 Å². The molecule has 1 aromatic rings. The van der Waals surface area contributed by atoms with Crippen LogP contribution in [0.1, 0.15) is 19.8 Å². The fourth-order valence-electron chi connectivity index (χ4n) is 2.12. The minimum Gasteiger partial charge on any atom is -0.396 e. The van der Waals surface area contributed by atoms with Crippen LogP contribution in [0.2, 0.25) is 0 Å². The van der Waals surface area contributed by atoms with Crippen molar-refractivity contribution in [2.24, 2.45) is 5.84 Å². The van der Waals surface area contributed by atoms with Gasteiger partial charge in [-0.3, -0.25) is 5.43 Å². The molecule has 0 amide bonds. The molecule has 5 N–H and O–H groups in total. The van der Waals surface area contributed by atoms with E-state index in [4.69, 9.17) is 15.7 Å². The summed E-state index contributed by atoms with van der Waals surface area (Å²) in [5.74, 6) is 6.77. The highest BCUT2D eigenvalue weighted by Gasteiger charge is 2.17. The molecule has 1 atom stereocenters. The molecule has 1 aliphatic rings. The van der Waals surface area contributed by atoms with Crippen LogP contribution in [0.4, 0.5) is 17.8 Å². The second-order valence-corrected chi connectivity index (χ2v) is 4.79. The average molecular weight is 297 g/mol. The molecule has 9 nitrogen and oxygen atoms in total. The van der Waals surface area contributed by atoms with Crippen molar-refractivity contribution in [3.8, 4) is 0 Å². The van der Waals surface area contributed by atoms with Crippen molar-refractivity contribution >= 4 is 17.8 Å². The fourth-order valence-corrected chi connectivity index (χ4v) is 2.12. The molecular formula is C12H23N7O2. The number of aliphatic hydroxyl groups excluding tert-OH is 1. The van der Waals surface area contributed by atoms with Crippen molar-refractivity contribution in [2.45, 2.75) is 25.8 Å². The van der Waals surface area contributed by atoms with E-state index in [9.17, 15) is 0 Å². The SMILES string of the molecule is CCC(CCO)Nc1nc(NN)nc(N2CCOCC2)n1. The predicted molar refractivity (Wildman–Crippen MR) is 80.1 cm³/mol. The summed E-state index contributed by atoms with van der Waals surface area (Å²) in [4.78, 5) is 15.0. The molecule has 1 unspecified atom stereocenters. The lowest BCUT2D eigenvalue weighted by atomic mass is 10.2. The number of nitrogens with two attached hydrogens (primary N) is 1. The van der Waals surface area contributed by atoms with Gasteiger partial charge in [-0.1, -0.05) is 6.92 Å². The topological polar surface area (TPSA) is 121 Å². The van der Waals surface area contributed by atoms with Gasteiger partial charge in [0.1, 0.15) is 0 Å². The van der Waals surface area contributed by atoms with Crippen molar-refractivity contribution in [3.05, 3.63) is 0 Å². The lowest BCUT2D eigenvalue weighted by molar-refractivity contribution is 0.122. The predicted octanol–water partition coefficient (Wildman–Crippen LogP) is -0.433. The molecule has 0 aliphatic carbocycles. The second-order valence-electron chi connectivity index (χ2n) is 4.79. The number of rotatable bonds is 7. The molecule has 0 saturated carbocycles. The molecule has 2 rings (SSSR count). The molecular weight excluding hydrogens is 274 g/mol. The van der Waals surface area contributed by atoms with E-state index in [2.05, 4.69) is 25.7 Å². The standard InChI is InChI=1S/C12H23N7O2/c1-2-9(3-6-20)14-10-15-11(18-13)17-12(16-10)19-4-7-21-8-5-19/h9,20H,2-8,13H2,1H3,(H2,14,15,16,17,18). The van der Waals surface area contributed by atoms with Gasteiger partial charge in [-0.25, -0.2) is 5.84 Å². The number of aromatic nitrogens is 3. The molecule has 0 aromatic carbocycles. The number of morpholine rings is 1. The summed E-state index contributed by atoms with van der Waals surface area (Å²) < 4.78 is 5.33. The highest BCUT2D eigenvalue weighted by molar-refractivity contribution is 5.43. The first kappa shape index (κ1) is 15.7. The maximum absolute atomic E-state index is 9.06. The summed E-state index contributed by atoms with van der Waals surface area (Å²) in [5, 5.41) is 12.3. The Bertz CT molecular complexity index is 440. The van der Waals surface area contributed by atoms with Crippen LogP contribution in [0.5, 0.6) is 0 Å². The van der Waals surface area contributed by atoms with Gasteiger partial charge in [0, 0.05) is 25.7 Å². The Labute approximate surface area is 123 Å². The number of nitrogen functional groups attached to an aromatic ring is 1. The zero-order valence-corrected chi connectivity index (χ0v) is 12.2. The molecule has 9 heteroatoms. The summed E-state index contributed by atoms with van der Waals surface area (Å²) in [7, 11) is 0. The molecule has 1 aliphatic heterocycles. The Morgan fingerprint density at radius 2 is 2.00 bits per heavy atom. The normalized spacial score (nSPS) is 16.6. The molecule has 0 bridgehead atoms. The van der Waals surface area contributed by atoms with E-state index in [1.54, 1.807) is 0 Å². The number of anilines is 3. The number of hydrazine groups is 1. The van der Waals surface area contributed by atoms with E-state index in [0.717, 1.165) is 19.5 Å². The third-order valence-corrected chi connectivity index (χ3v) is 3.35. The summed E-state index contributed by atoms with van der Waals surface area (Å²) in [5.41, 5.74) is 2.46. The maximum Gasteiger partial charge on any atom is 0.243 e. The number of ether oxygens (including phenoxy) is 1. The Morgan fingerprint density at radius 3 is 2.62 bits per heavy atom. The summed E-state index contributed by atoms with van der Waals surface area (Å²) in [6.45, 7) is 4.95. The summed E-state index contributed by atoms with van der Waals surface area (Å²) in [6.07, 6.45) is 1.50. The smallest absolute Gasteiger partial charge is 0.243 e. The molecule has 1 aromatic heterocycles. The summed E-state index contributed by atoms with van der Waals surface area (Å²) >= 11 is 0. The Hall–Kier alpha value is -1.71. The molecule has 118 valence electrons. The van der Waals surface area contributed by atoms with Crippen LogP contribution in [0, 0.1) is 0 Å². The van der Waals surface area contributed by atoms with Crippen molar-refractivity contribution in [2.75, 3.05) is 48.6 Å². The molecule has 0 spiro atoms. The highest BCUT2D eigenvalue weighted by atomic mass is 16.5. The van der Waals surface area contributed by atoms with Gasteiger partial charge in [-0.2, -0.15) is 15.0 Å². The van der Waals surface area contributed by atoms with Crippen LogP contribution in [0.15, 0.2) is 0 Å². The number of hydrogen-bond acceptors (Lipinski definition) is 9. The molecule has 0 radical (unpaired) electrons. The fraction of sp³-hybridized carbons (Fsp3) is 0.750. The van der Waals surface area contributed by atoms with Crippen LogP contribution >= 0.6 is 0 Å².